The quantitative estimate of drug-likeness (QED) is 0.464. The van der Waals surface area contributed by atoms with Gasteiger partial charge in [0.25, 0.3) is 0 Å². The fourth-order valence-corrected chi connectivity index (χ4v) is 3.75. The van der Waals surface area contributed by atoms with E-state index in [9.17, 15) is 4.79 Å². The topological polar surface area (TPSA) is 40.9 Å². The minimum absolute atomic E-state index is 0.181. The van der Waals surface area contributed by atoms with Crippen LogP contribution in [0.4, 0.5) is 0 Å². The Balaban J connectivity index is 2.26. The van der Waals surface area contributed by atoms with E-state index in [0.29, 0.717) is 17.9 Å². The number of benzene rings is 2. The molecule has 0 bridgehead atoms. The molecule has 0 N–H and O–H groups in total. The second-order valence-corrected chi connectivity index (χ2v) is 7.25. The van der Waals surface area contributed by atoms with E-state index in [1.54, 1.807) is 6.92 Å². The number of hydrogen-bond acceptors (Lipinski definition) is 2. The average molecular weight is 368 g/mol. The highest BCUT2D eigenvalue weighted by Gasteiger charge is 2.37. The summed E-state index contributed by atoms with van der Waals surface area (Å²) in [6.45, 7) is 1.69. The number of unbranched alkanes of at least 4 members (excludes halogenated alkanes) is 4. The van der Waals surface area contributed by atoms with Crippen molar-refractivity contribution in [3.8, 4) is 6.07 Å². The zero-order valence-electron chi connectivity index (χ0n) is 15.4. The number of Topliss-reactive ketones (excluding diaryl/α,β-unsaturated/α-hetero) is 1. The Morgan fingerprint density at radius 2 is 1.65 bits per heavy atom. The number of nitrogens with zero attached hydrogens (tertiary/aromatic N) is 1. The van der Waals surface area contributed by atoms with Crippen LogP contribution in [0.3, 0.4) is 0 Å². The first-order valence-corrected chi connectivity index (χ1v) is 9.65. The summed E-state index contributed by atoms with van der Waals surface area (Å²) < 4.78 is 0. The molecular formula is C23H26ClNO. The molecular weight excluding hydrogens is 342 g/mol. The van der Waals surface area contributed by atoms with Crippen molar-refractivity contribution in [1.82, 2.24) is 0 Å². The largest absolute Gasteiger partial charge is 0.299 e. The van der Waals surface area contributed by atoms with Gasteiger partial charge in [-0.15, -0.1) is 0 Å². The maximum Gasteiger partial charge on any atom is 0.140 e. The maximum atomic E-state index is 12.9. The van der Waals surface area contributed by atoms with Gasteiger partial charge in [-0.1, -0.05) is 79.4 Å². The van der Waals surface area contributed by atoms with Gasteiger partial charge in [0, 0.05) is 11.4 Å². The minimum Gasteiger partial charge on any atom is -0.299 e. The monoisotopic (exact) mass is 367 g/mol. The summed E-state index contributed by atoms with van der Waals surface area (Å²) in [5, 5.41) is 9.37. The number of ketones is 1. The van der Waals surface area contributed by atoms with E-state index in [0.717, 1.165) is 43.2 Å². The smallest absolute Gasteiger partial charge is 0.140 e. The van der Waals surface area contributed by atoms with Crippen LogP contribution in [-0.2, 0) is 16.6 Å². The van der Waals surface area contributed by atoms with Gasteiger partial charge in [-0.05, 0) is 43.4 Å². The van der Waals surface area contributed by atoms with Crippen LogP contribution in [0.1, 0.15) is 56.6 Å². The Morgan fingerprint density at radius 3 is 2.31 bits per heavy atom. The maximum absolute atomic E-state index is 12.9. The third kappa shape index (κ3) is 5.19. The van der Waals surface area contributed by atoms with E-state index in [2.05, 4.69) is 6.07 Å². The molecule has 0 aliphatic rings. The van der Waals surface area contributed by atoms with E-state index in [1.807, 2.05) is 54.6 Å². The SMILES string of the molecule is CC(=O)C(CCCCCCC#N)(Cc1ccccc1Cl)c1ccccc1. The summed E-state index contributed by atoms with van der Waals surface area (Å²) >= 11 is 6.40. The van der Waals surface area contributed by atoms with Gasteiger partial charge in [-0.2, -0.15) is 5.26 Å². The van der Waals surface area contributed by atoms with Crippen molar-refractivity contribution in [2.75, 3.05) is 0 Å². The zero-order chi connectivity index (χ0) is 18.8. The van der Waals surface area contributed by atoms with Crippen molar-refractivity contribution in [1.29, 1.82) is 5.26 Å². The second-order valence-electron chi connectivity index (χ2n) is 6.84. The van der Waals surface area contributed by atoms with Crippen LogP contribution in [0.5, 0.6) is 0 Å². The standard InChI is InChI=1S/C23H26ClNO/c1-19(26)23(21-13-6-5-7-14-21,16-10-3-2-4-11-17-25)18-20-12-8-9-15-22(20)24/h5-9,12-15H,2-4,10-11,16,18H2,1H3. The second kappa shape index (κ2) is 10.1. The van der Waals surface area contributed by atoms with Crippen molar-refractivity contribution < 1.29 is 4.79 Å². The van der Waals surface area contributed by atoms with Gasteiger partial charge in [0.2, 0.25) is 0 Å². The number of halogens is 1. The van der Waals surface area contributed by atoms with Crippen LogP contribution in [0.2, 0.25) is 5.02 Å². The lowest BCUT2D eigenvalue weighted by Crippen LogP contribution is -2.37. The van der Waals surface area contributed by atoms with Gasteiger partial charge in [0.15, 0.2) is 0 Å². The van der Waals surface area contributed by atoms with Gasteiger partial charge in [0.05, 0.1) is 11.5 Å². The molecule has 0 saturated carbocycles. The van der Waals surface area contributed by atoms with Crippen LogP contribution >= 0.6 is 11.6 Å². The van der Waals surface area contributed by atoms with E-state index < -0.39 is 5.41 Å². The van der Waals surface area contributed by atoms with Crippen LogP contribution in [-0.4, -0.2) is 5.78 Å². The summed E-state index contributed by atoms with van der Waals surface area (Å²) in [5.41, 5.74) is 1.52. The fraction of sp³-hybridized carbons (Fsp3) is 0.391. The molecule has 1 atom stereocenters. The van der Waals surface area contributed by atoms with Crippen molar-refractivity contribution in [2.45, 2.75) is 57.3 Å². The lowest BCUT2D eigenvalue weighted by molar-refractivity contribution is -0.122. The van der Waals surface area contributed by atoms with E-state index in [4.69, 9.17) is 16.9 Å². The first-order chi connectivity index (χ1) is 12.6. The molecule has 2 aromatic rings. The number of rotatable bonds is 10. The normalized spacial score (nSPS) is 13.0. The molecule has 0 aliphatic carbocycles. The van der Waals surface area contributed by atoms with Crippen molar-refractivity contribution in [2.24, 2.45) is 0 Å². The van der Waals surface area contributed by atoms with Gasteiger partial charge in [-0.3, -0.25) is 4.79 Å². The van der Waals surface area contributed by atoms with Crippen molar-refractivity contribution >= 4 is 17.4 Å². The van der Waals surface area contributed by atoms with Gasteiger partial charge < -0.3 is 0 Å². The molecule has 0 fully saturated rings. The first kappa shape index (κ1) is 20.2. The van der Waals surface area contributed by atoms with Gasteiger partial charge in [-0.25, -0.2) is 0 Å². The Bertz CT molecular complexity index is 750. The summed E-state index contributed by atoms with van der Waals surface area (Å²) in [5.74, 6) is 0.181. The summed E-state index contributed by atoms with van der Waals surface area (Å²) in [4.78, 5) is 12.9. The number of nitriles is 1. The molecule has 0 amide bonds. The highest BCUT2D eigenvalue weighted by atomic mass is 35.5. The highest BCUT2D eigenvalue weighted by molar-refractivity contribution is 6.31. The number of carbonyl (C=O) groups is 1. The predicted octanol–water partition coefficient (Wildman–Crippen LogP) is 6.27. The summed E-state index contributed by atoms with van der Waals surface area (Å²) in [6, 6.07) is 20.0. The van der Waals surface area contributed by atoms with Crippen LogP contribution in [0, 0.1) is 11.3 Å². The molecule has 2 aromatic carbocycles. The highest BCUT2D eigenvalue weighted by Crippen LogP contribution is 2.37. The van der Waals surface area contributed by atoms with Crippen molar-refractivity contribution in [3.63, 3.8) is 0 Å². The van der Waals surface area contributed by atoms with Gasteiger partial charge in [0.1, 0.15) is 5.78 Å². The molecule has 0 radical (unpaired) electrons. The van der Waals surface area contributed by atoms with E-state index in [1.165, 1.54) is 0 Å². The molecule has 2 rings (SSSR count). The molecule has 0 aliphatic heterocycles. The van der Waals surface area contributed by atoms with Gasteiger partial charge >= 0.3 is 0 Å². The van der Waals surface area contributed by atoms with Crippen LogP contribution in [0.25, 0.3) is 0 Å². The molecule has 26 heavy (non-hydrogen) atoms. The van der Waals surface area contributed by atoms with Crippen LogP contribution < -0.4 is 0 Å². The fourth-order valence-electron chi connectivity index (χ4n) is 3.55. The third-order valence-electron chi connectivity index (χ3n) is 5.09. The summed E-state index contributed by atoms with van der Waals surface area (Å²) in [6.07, 6.45) is 5.97. The van der Waals surface area contributed by atoms with E-state index >= 15 is 0 Å². The zero-order valence-corrected chi connectivity index (χ0v) is 16.1. The third-order valence-corrected chi connectivity index (χ3v) is 5.46. The molecule has 0 aromatic heterocycles. The lowest BCUT2D eigenvalue weighted by atomic mass is 9.69. The Kier molecular flexibility index (Phi) is 7.88. The summed E-state index contributed by atoms with van der Waals surface area (Å²) in [7, 11) is 0. The molecule has 3 heteroatoms. The Morgan fingerprint density at radius 1 is 1.00 bits per heavy atom. The Labute approximate surface area is 161 Å². The molecule has 1 unspecified atom stereocenters. The molecule has 136 valence electrons. The van der Waals surface area contributed by atoms with Crippen LogP contribution in [0.15, 0.2) is 54.6 Å². The minimum atomic E-state index is -0.554. The first-order valence-electron chi connectivity index (χ1n) is 9.27. The van der Waals surface area contributed by atoms with E-state index in [-0.39, 0.29) is 5.78 Å². The average Bonchev–Trinajstić information content (AvgIpc) is 2.65. The Hall–Kier alpha value is -2.11. The van der Waals surface area contributed by atoms with Crippen molar-refractivity contribution in [3.05, 3.63) is 70.7 Å². The number of hydrogen-bond donors (Lipinski definition) is 0. The molecule has 0 heterocycles. The molecule has 0 saturated heterocycles. The lowest BCUT2D eigenvalue weighted by Gasteiger charge is -2.33. The predicted molar refractivity (Wildman–Crippen MR) is 107 cm³/mol. The molecule has 2 nitrogen and oxygen atoms in total. The number of carbonyl (C=O) groups excluding carboxylic acids is 1. The molecule has 0 spiro atoms.